The number of urea groups is 1. The number of hydrogen-bond acceptors (Lipinski definition) is 4. The minimum Gasteiger partial charge on any atom is -0.486 e. The molecule has 32 heavy (non-hydrogen) atoms. The maximum Gasteiger partial charge on any atom is 0.329 e. The molecule has 3 amide bonds. The van der Waals surface area contributed by atoms with Crippen molar-refractivity contribution in [3.63, 3.8) is 0 Å². The molecule has 1 fully saturated rings. The molecule has 1 aliphatic rings. The summed E-state index contributed by atoms with van der Waals surface area (Å²) in [6.07, 6.45) is 1.42. The lowest BCUT2D eigenvalue weighted by Crippen LogP contribution is -2.35. The second kappa shape index (κ2) is 9.02. The molecule has 1 saturated heterocycles. The number of nitrogens with zero attached hydrogens (tertiary/aromatic N) is 1. The Morgan fingerprint density at radius 2 is 1.91 bits per heavy atom. The van der Waals surface area contributed by atoms with Crippen molar-refractivity contribution < 1.29 is 24.2 Å². The van der Waals surface area contributed by atoms with Gasteiger partial charge in [-0.05, 0) is 56.0 Å². The first-order valence-electron chi connectivity index (χ1n) is 9.48. The third kappa shape index (κ3) is 4.46. The first-order chi connectivity index (χ1) is 15.3. The number of carboxylic acids is 1. The average Bonchev–Trinajstić information content (AvgIpc) is 3.00. The van der Waals surface area contributed by atoms with Gasteiger partial charge in [-0.25, -0.2) is 9.69 Å². The number of ether oxygens (including phenoxy) is 1. The molecule has 1 aliphatic heterocycles. The number of halogens is 2. The van der Waals surface area contributed by atoms with Crippen molar-refractivity contribution in [2.24, 2.45) is 0 Å². The van der Waals surface area contributed by atoms with Crippen molar-refractivity contribution >= 4 is 62.3 Å². The Morgan fingerprint density at radius 1 is 1.16 bits per heavy atom. The summed E-state index contributed by atoms with van der Waals surface area (Å²) in [4.78, 5) is 35.6. The van der Waals surface area contributed by atoms with Gasteiger partial charge in [0.2, 0.25) is 0 Å². The molecular formula is C23H16BrClN2O5. The second-order valence-electron chi connectivity index (χ2n) is 7.01. The summed E-state index contributed by atoms with van der Waals surface area (Å²) in [5.74, 6) is -1.56. The molecule has 1 heterocycles. The monoisotopic (exact) mass is 514 g/mol. The number of carbonyl (C=O) groups is 3. The van der Waals surface area contributed by atoms with E-state index in [0.717, 1.165) is 16.3 Å². The fourth-order valence-electron chi connectivity index (χ4n) is 3.39. The van der Waals surface area contributed by atoms with Gasteiger partial charge in [-0.15, -0.1) is 0 Å². The number of hydrogen-bond donors (Lipinski definition) is 2. The second-order valence-corrected chi connectivity index (χ2v) is 8.28. The summed E-state index contributed by atoms with van der Waals surface area (Å²) in [5.41, 5.74) is 1.50. The van der Waals surface area contributed by atoms with Crippen LogP contribution >= 0.6 is 27.5 Å². The average molecular weight is 516 g/mol. The highest BCUT2D eigenvalue weighted by atomic mass is 79.9. The van der Waals surface area contributed by atoms with Gasteiger partial charge in [0.25, 0.3) is 5.91 Å². The van der Waals surface area contributed by atoms with Gasteiger partial charge in [0.05, 0.1) is 9.50 Å². The van der Waals surface area contributed by atoms with Crippen LogP contribution in [-0.4, -0.2) is 34.5 Å². The molecule has 3 aromatic carbocycles. The van der Waals surface area contributed by atoms with Crippen LogP contribution in [0.5, 0.6) is 5.75 Å². The Labute approximate surface area is 196 Å². The Hall–Kier alpha value is -3.36. The van der Waals surface area contributed by atoms with Gasteiger partial charge < -0.3 is 15.2 Å². The topological polar surface area (TPSA) is 95.9 Å². The zero-order valence-corrected chi connectivity index (χ0v) is 18.8. The maximum atomic E-state index is 12.3. The molecule has 2 N–H and O–H groups in total. The number of rotatable bonds is 6. The SMILES string of the molecule is O=C(O)CN1C(=O)N/C(=C/c2cc(Cl)c(OCc3cccc4ccccc34)c(Br)c2)C1=O. The number of amides is 3. The number of imide groups is 1. The van der Waals surface area contributed by atoms with Crippen LogP contribution in [0.15, 0.2) is 64.8 Å². The third-order valence-corrected chi connectivity index (χ3v) is 5.71. The first kappa shape index (κ1) is 21.9. The molecule has 0 bridgehead atoms. The molecule has 162 valence electrons. The van der Waals surface area contributed by atoms with Crippen molar-refractivity contribution in [1.29, 1.82) is 0 Å². The Bertz CT molecular complexity index is 1260. The number of carbonyl (C=O) groups excluding carboxylic acids is 2. The molecular weight excluding hydrogens is 500 g/mol. The zero-order chi connectivity index (χ0) is 22.8. The standard InChI is InChI=1S/C23H16BrClN2O5/c24-17-8-13(10-19-22(30)27(11-20(28)29)23(31)26-19)9-18(25)21(17)32-12-15-6-3-5-14-4-1-2-7-16(14)15/h1-10H,11-12H2,(H,26,31)(H,28,29)/b19-10+. The fraction of sp³-hybridized carbons (Fsp3) is 0.0870. The summed E-state index contributed by atoms with van der Waals surface area (Å²) in [6, 6.07) is 16.5. The number of carboxylic acid groups (broad SMARTS) is 1. The van der Waals surface area contributed by atoms with Crippen LogP contribution in [0.2, 0.25) is 5.02 Å². The lowest BCUT2D eigenvalue weighted by Gasteiger charge is -2.13. The van der Waals surface area contributed by atoms with Crippen LogP contribution < -0.4 is 10.1 Å². The quantitative estimate of drug-likeness (QED) is 0.363. The van der Waals surface area contributed by atoms with Crippen molar-refractivity contribution in [3.8, 4) is 5.75 Å². The van der Waals surface area contributed by atoms with E-state index in [9.17, 15) is 14.4 Å². The summed E-state index contributed by atoms with van der Waals surface area (Å²) in [6.45, 7) is -0.411. The van der Waals surface area contributed by atoms with E-state index in [1.54, 1.807) is 12.1 Å². The van der Waals surface area contributed by atoms with Gasteiger partial charge in [0, 0.05) is 0 Å². The molecule has 7 nitrogen and oxygen atoms in total. The minimum absolute atomic E-state index is 0.0383. The Kier molecular flexibility index (Phi) is 6.16. The van der Waals surface area contributed by atoms with Crippen molar-refractivity contribution in [2.45, 2.75) is 6.61 Å². The lowest BCUT2D eigenvalue weighted by atomic mass is 10.1. The Balaban J connectivity index is 1.55. The summed E-state index contributed by atoms with van der Waals surface area (Å²) < 4.78 is 6.54. The van der Waals surface area contributed by atoms with E-state index in [-0.39, 0.29) is 5.70 Å². The van der Waals surface area contributed by atoms with Gasteiger partial charge >= 0.3 is 12.0 Å². The van der Waals surface area contributed by atoms with E-state index in [2.05, 4.69) is 21.2 Å². The van der Waals surface area contributed by atoms with Crippen molar-refractivity contribution in [2.75, 3.05) is 6.54 Å². The van der Waals surface area contributed by atoms with E-state index in [1.807, 2.05) is 42.5 Å². The molecule has 4 rings (SSSR count). The molecule has 0 saturated carbocycles. The normalized spacial score (nSPS) is 14.8. The van der Waals surface area contributed by atoms with Gasteiger partial charge in [0.15, 0.2) is 5.75 Å². The molecule has 0 unspecified atom stereocenters. The maximum absolute atomic E-state index is 12.3. The van der Waals surface area contributed by atoms with Crippen LogP contribution in [0.1, 0.15) is 11.1 Å². The summed E-state index contributed by atoms with van der Waals surface area (Å²) in [5, 5.41) is 13.7. The van der Waals surface area contributed by atoms with Crippen LogP contribution in [0.25, 0.3) is 16.8 Å². The molecule has 0 aromatic heterocycles. The zero-order valence-electron chi connectivity index (χ0n) is 16.5. The van der Waals surface area contributed by atoms with E-state index in [0.29, 0.717) is 32.3 Å². The van der Waals surface area contributed by atoms with E-state index in [1.165, 1.54) is 6.08 Å². The van der Waals surface area contributed by atoms with Gasteiger partial charge in [-0.1, -0.05) is 54.1 Å². The van der Waals surface area contributed by atoms with Crippen LogP contribution in [0.3, 0.4) is 0 Å². The molecule has 0 radical (unpaired) electrons. The highest BCUT2D eigenvalue weighted by Crippen LogP contribution is 2.36. The van der Waals surface area contributed by atoms with E-state index in [4.69, 9.17) is 21.4 Å². The van der Waals surface area contributed by atoms with Crippen LogP contribution in [0.4, 0.5) is 4.79 Å². The number of benzene rings is 3. The molecule has 3 aromatic rings. The predicted molar refractivity (Wildman–Crippen MR) is 123 cm³/mol. The molecule has 9 heteroatoms. The van der Waals surface area contributed by atoms with Crippen molar-refractivity contribution in [1.82, 2.24) is 10.2 Å². The minimum atomic E-state index is -1.28. The number of aliphatic carboxylic acids is 1. The number of fused-ring (bicyclic) bond motifs is 1. The summed E-state index contributed by atoms with van der Waals surface area (Å²) >= 11 is 9.87. The highest BCUT2D eigenvalue weighted by molar-refractivity contribution is 9.10. The lowest BCUT2D eigenvalue weighted by molar-refractivity contribution is -0.140. The third-order valence-electron chi connectivity index (χ3n) is 4.84. The van der Waals surface area contributed by atoms with E-state index >= 15 is 0 Å². The first-order valence-corrected chi connectivity index (χ1v) is 10.7. The van der Waals surface area contributed by atoms with Crippen molar-refractivity contribution in [3.05, 3.63) is 80.9 Å². The van der Waals surface area contributed by atoms with Gasteiger partial charge in [0.1, 0.15) is 18.8 Å². The van der Waals surface area contributed by atoms with E-state index < -0.39 is 24.5 Å². The van der Waals surface area contributed by atoms with Crippen LogP contribution in [-0.2, 0) is 16.2 Å². The molecule has 0 atom stereocenters. The fourth-order valence-corrected chi connectivity index (χ4v) is 4.37. The smallest absolute Gasteiger partial charge is 0.329 e. The molecule has 0 spiro atoms. The Morgan fingerprint density at radius 3 is 2.66 bits per heavy atom. The van der Waals surface area contributed by atoms with Gasteiger partial charge in [-0.2, -0.15) is 0 Å². The molecule has 0 aliphatic carbocycles. The predicted octanol–water partition coefficient (Wildman–Crippen LogP) is 4.81. The highest BCUT2D eigenvalue weighted by Gasteiger charge is 2.34. The number of nitrogens with one attached hydrogen (secondary N) is 1. The van der Waals surface area contributed by atoms with Crippen LogP contribution in [0, 0.1) is 0 Å². The van der Waals surface area contributed by atoms with Gasteiger partial charge in [-0.3, -0.25) is 9.59 Å². The largest absolute Gasteiger partial charge is 0.486 e. The summed E-state index contributed by atoms with van der Waals surface area (Å²) in [7, 11) is 0.